The molecule has 1 unspecified atom stereocenters. The minimum atomic E-state index is -2.53. The van der Waals surface area contributed by atoms with Crippen molar-refractivity contribution < 1.29 is 9.09 Å². The minimum Gasteiger partial charge on any atom is -0.343 e. The Bertz CT molecular complexity index is 400. The standard InChI is InChI=1S/C14H22FOP/c1-13(2,3)10-7-8-12(17(15)16)11(9-10)14(4,5)6/h7-9,16H,1-6H3. The summed E-state index contributed by atoms with van der Waals surface area (Å²) in [6.45, 7) is 12.5. The third-order valence-electron chi connectivity index (χ3n) is 2.87. The second-order valence-corrected chi connectivity index (χ2v) is 7.49. The molecular formula is C14H22FOP. The average molecular weight is 256 g/mol. The Labute approximate surface area is 105 Å². The number of hydrogen-bond donors (Lipinski definition) is 1. The molecule has 0 radical (unpaired) electrons. The van der Waals surface area contributed by atoms with Gasteiger partial charge in [-0.05, 0) is 28.0 Å². The largest absolute Gasteiger partial charge is 0.343 e. The first-order chi connectivity index (χ1) is 7.53. The Hall–Kier alpha value is -0.460. The van der Waals surface area contributed by atoms with Crippen molar-refractivity contribution in [3.8, 4) is 0 Å². The first-order valence-electron chi connectivity index (χ1n) is 5.83. The topological polar surface area (TPSA) is 20.2 Å². The van der Waals surface area contributed by atoms with Crippen molar-refractivity contribution in [3.63, 3.8) is 0 Å². The van der Waals surface area contributed by atoms with Crippen molar-refractivity contribution >= 4 is 13.8 Å². The van der Waals surface area contributed by atoms with Crippen molar-refractivity contribution in [1.29, 1.82) is 0 Å². The first kappa shape index (κ1) is 14.6. The summed E-state index contributed by atoms with van der Waals surface area (Å²) >= 11 is 0. The van der Waals surface area contributed by atoms with Crippen molar-refractivity contribution in [3.05, 3.63) is 29.3 Å². The van der Waals surface area contributed by atoms with E-state index in [1.54, 1.807) is 6.07 Å². The molecular weight excluding hydrogens is 234 g/mol. The van der Waals surface area contributed by atoms with E-state index in [9.17, 15) is 9.09 Å². The van der Waals surface area contributed by atoms with E-state index in [0.717, 1.165) is 5.56 Å². The highest BCUT2D eigenvalue weighted by atomic mass is 31.2. The van der Waals surface area contributed by atoms with Crippen LogP contribution in [0.2, 0.25) is 0 Å². The van der Waals surface area contributed by atoms with Crippen molar-refractivity contribution in [2.45, 2.75) is 52.4 Å². The van der Waals surface area contributed by atoms with E-state index >= 15 is 0 Å². The zero-order chi connectivity index (χ0) is 13.4. The second kappa shape index (κ2) is 4.66. The van der Waals surface area contributed by atoms with Gasteiger partial charge in [-0.25, -0.2) is 0 Å². The molecule has 1 atom stereocenters. The Morgan fingerprint density at radius 3 is 1.88 bits per heavy atom. The van der Waals surface area contributed by atoms with E-state index in [2.05, 4.69) is 20.8 Å². The molecule has 3 heteroatoms. The Kier molecular flexibility index (Phi) is 4.01. The SMILES string of the molecule is CC(C)(C)c1ccc(P(O)F)c(C(C)(C)C)c1. The molecule has 0 aromatic heterocycles. The third-order valence-corrected chi connectivity index (χ3v) is 3.66. The molecule has 0 bridgehead atoms. The summed E-state index contributed by atoms with van der Waals surface area (Å²) in [5, 5.41) is 0.445. The average Bonchev–Trinajstić information content (AvgIpc) is 2.14. The van der Waals surface area contributed by atoms with Crippen LogP contribution < -0.4 is 5.30 Å². The van der Waals surface area contributed by atoms with Crippen molar-refractivity contribution in [2.75, 3.05) is 0 Å². The van der Waals surface area contributed by atoms with Gasteiger partial charge < -0.3 is 4.89 Å². The normalized spacial score (nSPS) is 14.8. The van der Waals surface area contributed by atoms with Gasteiger partial charge in [0.05, 0.1) is 0 Å². The van der Waals surface area contributed by atoms with Crippen LogP contribution in [0, 0.1) is 0 Å². The zero-order valence-corrected chi connectivity index (χ0v) is 12.4. The maximum Gasteiger partial charge on any atom is 0.250 e. The molecule has 0 saturated carbocycles. The van der Waals surface area contributed by atoms with Gasteiger partial charge in [0.2, 0.25) is 0 Å². The van der Waals surface area contributed by atoms with E-state index < -0.39 is 8.46 Å². The summed E-state index contributed by atoms with van der Waals surface area (Å²) in [6, 6.07) is 5.67. The molecule has 1 nitrogen and oxygen atoms in total. The van der Waals surface area contributed by atoms with Gasteiger partial charge in [0.25, 0.3) is 8.46 Å². The Morgan fingerprint density at radius 2 is 1.53 bits per heavy atom. The molecule has 0 spiro atoms. The molecule has 1 rings (SSSR count). The molecule has 17 heavy (non-hydrogen) atoms. The lowest BCUT2D eigenvalue weighted by atomic mass is 9.81. The van der Waals surface area contributed by atoms with Gasteiger partial charge in [0.15, 0.2) is 0 Å². The number of rotatable bonds is 1. The summed E-state index contributed by atoms with van der Waals surface area (Å²) in [7, 11) is -2.53. The molecule has 0 aliphatic heterocycles. The van der Waals surface area contributed by atoms with Crippen molar-refractivity contribution in [1.82, 2.24) is 0 Å². The smallest absolute Gasteiger partial charge is 0.250 e. The first-order valence-corrected chi connectivity index (χ1v) is 7.02. The number of benzene rings is 1. The lowest BCUT2D eigenvalue weighted by Gasteiger charge is -2.27. The number of halogens is 1. The molecule has 96 valence electrons. The van der Waals surface area contributed by atoms with Crippen LogP contribution in [-0.2, 0) is 10.8 Å². The van der Waals surface area contributed by atoms with Crippen LogP contribution in [0.4, 0.5) is 4.20 Å². The quantitative estimate of drug-likeness (QED) is 0.747. The maximum absolute atomic E-state index is 13.3. The highest BCUT2D eigenvalue weighted by Crippen LogP contribution is 2.37. The molecule has 0 aliphatic rings. The molecule has 0 fully saturated rings. The van der Waals surface area contributed by atoms with Gasteiger partial charge in [0.1, 0.15) is 0 Å². The van der Waals surface area contributed by atoms with E-state index in [-0.39, 0.29) is 10.8 Å². The lowest BCUT2D eigenvalue weighted by molar-refractivity contribution is 0.561. The van der Waals surface area contributed by atoms with Crippen LogP contribution >= 0.6 is 8.46 Å². The van der Waals surface area contributed by atoms with E-state index in [1.807, 2.05) is 32.9 Å². The predicted octanol–water partition coefficient (Wildman–Crippen LogP) is 4.18. The second-order valence-electron chi connectivity index (χ2n) is 6.49. The molecule has 0 saturated heterocycles. The summed E-state index contributed by atoms with van der Waals surface area (Å²) in [5.41, 5.74) is 1.95. The summed E-state index contributed by atoms with van der Waals surface area (Å²) in [6.07, 6.45) is 0. The van der Waals surface area contributed by atoms with Crippen molar-refractivity contribution in [2.24, 2.45) is 0 Å². The fraction of sp³-hybridized carbons (Fsp3) is 0.571. The van der Waals surface area contributed by atoms with E-state index in [0.29, 0.717) is 5.30 Å². The van der Waals surface area contributed by atoms with Gasteiger partial charge in [-0.3, -0.25) is 0 Å². The molecule has 0 heterocycles. The molecule has 0 aliphatic carbocycles. The van der Waals surface area contributed by atoms with Crippen LogP contribution in [0.1, 0.15) is 52.7 Å². The van der Waals surface area contributed by atoms with Gasteiger partial charge in [-0.1, -0.05) is 53.7 Å². The van der Waals surface area contributed by atoms with Gasteiger partial charge in [-0.2, -0.15) is 4.20 Å². The summed E-state index contributed by atoms with van der Waals surface area (Å²) in [4.78, 5) is 9.26. The fourth-order valence-corrected chi connectivity index (χ4v) is 2.56. The summed E-state index contributed by atoms with van der Waals surface area (Å²) < 4.78 is 13.3. The van der Waals surface area contributed by atoms with E-state index in [4.69, 9.17) is 0 Å². The monoisotopic (exact) mass is 256 g/mol. The van der Waals surface area contributed by atoms with Crippen LogP contribution in [-0.4, -0.2) is 4.89 Å². The Morgan fingerprint density at radius 1 is 1.00 bits per heavy atom. The van der Waals surface area contributed by atoms with E-state index in [1.165, 1.54) is 5.56 Å². The van der Waals surface area contributed by atoms with Gasteiger partial charge in [-0.15, -0.1) is 0 Å². The third kappa shape index (κ3) is 3.50. The van der Waals surface area contributed by atoms with Crippen LogP contribution in [0.15, 0.2) is 18.2 Å². The molecule has 1 aromatic carbocycles. The molecule has 1 aromatic rings. The minimum absolute atomic E-state index is 0.0348. The van der Waals surface area contributed by atoms with Crippen LogP contribution in [0.25, 0.3) is 0 Å². The summed E-state index contributed by atoms with van der Waals surface area (Å²) in [5.74, 6) is 0. The maximum atomic E-state index is 13.3. The lowest BCUT2D eigenvalue weighted by Crippen LogP contribution is -2.23. The highest BCUT2D eigenvalue weighted by molar-refractivity contribution is 7.54. The van der Waals surface area contributed by atoms with Gasteiger partial charge in [0, 0.05) is 5.30 Å². The number of hydrogen-bond acceptors (Lipinski definition) is 1. The zero-order valence-electron chi connectivity index (χ0n) is 11.5. The predicted molar refractivity (Wildman–Crippen MR) is 73.7 cm³/mol. The van der Waals surface area contributed by atoms with Crippen LogP contribution in [0.5, 0.6) is 0 Å². The molecule has 0 amide bonds. The van der Waals surface area contributed by atoms with Crippen LogP contribution in [0.3, 0.4) is 0 Å². The van der Waals surface area contributed by atoms with Gasteiger partial charge >= 0.3 is 0 Å². The Balaban J connectivity index is 3.41. The highest BCUT2D eigenvalue weighted by Gasteiger charge is 2.25. The molecule has 1 N–H and O–H groups in total. The fourth-order valence-electron chi connectivity index (χ4n) is 1.76.